The van der Waals surface area contributed by atoms with E-state index in [2.05, 4.69) is 20.6 Å². The Balaban J connectivity index is 1.57. The van der Waals surface area contributed by atoms with E-state index in [4.69, 9.17) is 4.74 Å². The van der Waals surface area contributed by atoms with Crippen molar-refractivity contribution in [2.24, 2.45) is 0 Å². The van der Waals surface area contributed by atoms with Gasteiger partial charge in [-0.1, -0.05) is 0 Å². The number of aromatic amines is 1. The number of anilines is 2. The first-order chi connectivity index (χ1) is 11.6. The molecule has 2 heterocycles. The molecule has 1 atom stereocenters. The van der Waals surface area contributed by atoms with Crippen LogP contribution in [-0.2, 0) is 4.79 Å². The highest BCUT2D eigenvalue weighted by Gasteiger charge is 2.23. The number of amides is 2. The zero-order valence-electron chi connectivity index (χ0n) is 12.8. The molecule has 4 rings (SSSR count). The van der Waals surface area contributed by atoms with Crippen molar-refractivity contribution in [2.45, 2.75) is 13.0 Å². The number of benzene rings is 2. The molecule has 0 aliphatic carbocycles. The summed E-state index contributed by atoms with van der Waals surface area (Å²) < 4.78 is 5.49. The second-order valence-corrected chi connectivity index (χ2v) is 5.55. The van der Waals surface area contributed by atoms with Gasteiger partial charge in [0.25, 0.3) is 11.8 Å². The summed E-state index contributed by atoms with van der Waals surface area (Å²) in [7, 11) is 0. The molecule has 0 saturated carbocycles. The van der Waals surface area contributed by atoms with Crippen LogP contribution in [0, 0.1) is 0 Å². The van der Waals surface area contributed by atoms with Gasteiger partial charge in [-0.15, -0.1) is 0 Å². The van der Waals surface area contributed by atoms with Gasteiger partial charge in [-0.05, 0) is 43.3 Å². The quantitative estimate of drug-likeness (QED) is 0.675. The highest BCUT2D eigenvalue weighted by atomic mass is 16.5. The number of aromatic nitrogens is 2. The van der Waals surface area contributed by atoms with Crippen molar-refractivity contribution >= 4 is 34.2 Å². The topological polar surface area (TPSA) is 96.1 Å². The SMILES string of the molecule is C[C@H]1Oc2ccc(NC(=O)c3ccc4nc[nH]c4c3)cc2NC1=O. The first-order valence-corrected chi connectivity index (χ1v) is 7.46. The van der Waals surface area contributed by atoms with Gasteiger partial charge in [0.05, 0.1) is 23.0 Å². The fourth-order valence-corrected chi connectivity index (χ4v) is 2.57. The summed E-state index contributed by atoms with van der Waals surface area (Å²) in [5.41, 5.74) is 3.22. The Bertz CT molecular complexity index is 963. The van der Waals surface area contributed by atoms with Crippen LogP contribution in [0.5, 0.6) is 5.75 Å². The van der Waals surface area contributed by atoms with Gasteiger partial charge in [0.2, 0.25) is 0 Å². The summed E-state index contributed by atoms with van der Waals surface area (Å²) in [4.78, 5) is 31.2. The van der Waals surface area contributed by atoms with Crippen molar-refractivity contribution in [2.75, 3.05) is 10.6 Å². The Labute approximate surface area is 137 Å². The first-order valence-electron chi connectivity index (χ1n) is 7.46. The third-order valence-corrected chi connectivity index (χ3v) is 3.85. The number of carbonyl (C=O) groups excluding carboxylic acids is 2. The van der Waals surface area contributed by atoms with Gasteiger partial charge in [0.1, 0.15) is 5.75 Å². The number of ether oxygens (including phenoxy) is 1. The summed E-state index contributed by atoms with van der Waals surface area (Å²) >= 11 is 0. The molecule has 7 nitrogen and oxygen atoms in total. The summed E-state index contributed by atoms with van der Waals surface area (Å²) in [5, 5.41) is 5.57. The second-order valence-electron chi connectivity index (χ2n) is 5.55. The van der Waals surface area contributed by atoms with Gasteiger partial charge in [-0.25, -0.2) is 4.98 Å². The highest BCUT2D eigenvalue weighted by Crippen LogP contribution is 2.32. The fourth-order valence-electron chi connectivity index (χ4n) is 2.57. The zero-order valence-corrected chi connectivity index (χ0v) is 12.8. The Morgan fingerprint density at radius 1 is 1.25 bits per heavy atom. The predicted molar refractivity (Wildman–Crippen MR) is 89.2 cm³/mol. The Morgan fingerprint density at radius 3 is 3.00 bits per heavy atom. The molecule has 1 aromatic heterocycles. The van der Waals surface area contributed by atoms with Crippen LogP contribution in [0.1, 0.15) is 17.3 Å². The zero-order chi connectivity index (χ0) is 16.7. The molecule has 3 N–H and O–H groups in total. The van der Waals surface area contributed by atoms with Crippen molar-refractivity contribution in [3.8, 4) is 5.75 Å². The van der Waals surface area contributed by atoms with E-state index in [9.17, 15) is 9.59 Å². The van der Waals surface area contributed by atoms with E-state index in [0.29, 0.717) is 22.7 Å². The predicted octanol–water partition coefficient (Wildman–Crippen LogP) is 2.53. The van der Waals surface area contributed by atoms with Crippen LogP contribution in [0.15, 0.2) is 42.7 Å². The maximum atomic E-state index is 12.4. The summed E-state index contributed by atoms with van der Waals surface area (Å²) in [6.07, 6.45) is 1.05. The lowest BCUT2D eigenvalue weighted by molar-refractivity contribution is -0.122. The minimum atomic E-state index is -0.529. The Morgan fingerprint density at radius 2 is 2.12 bits per heavy atom. The normalized spacial score (nSPS) is 16.2. The summed E-state index contributed by atoms with van der Waals surface area (Å²) in [5.74, 6) is 0.123. The number of fused-ring (bicyclic) bond motifs is 2. The molecule has 0 radical (unpaired) electrons. The second kappa shape index (κ2) is 5.38. The van der Waals surface area contributed by atoms with E-state index in [1.807, 2.05) is 0 Å². The number of nitrogens with one attached hydrogen (secondary N) is 3. The molecule has 0 unspecified atom stereocenters. The van der Waals surface area contributed by atoms with E-state index >= 15 is 0 Å². The lowest BCUT2D eigenvalue weighted by Gasteiger charge is -2.23. The van der Waals surface area contributed by atoms with Crippen molar-refractivity contribution < 1.29 is 14.3 Å². The average Bonchev–Trinajstić information content (AvgIpc) is 3.03. The van der Waals surface area contributed by atoms with Gasteiger partial charge in [0, 0.05) is 11.3 Å². The largest absolute Gasteiger partial charge is 0.479 e. The maximum Gasteiger partial charge on any atom is 0.265 e. The number of nitrogens with zero attached hydrogens (tertiary/aromatic N) is 1. The van der Waals surface area contributed by atoms with E-state index < -0.39 is 6.10 Å². The molecule has 24 heavy (non-hydrogen) atoms. The van der Waals surface area contributed by atoms with Crippen LogP contribution >= 0.6 is 0 Å². The van der Waals surface area contributed by atoms with Crippen LogP contribution in [0.3, 0.4) is 0 Å². The molecular weight excluding hydrogens is 308 g/mol. The maximum absolute atomic E-state index is 12.4. The molecule has 2 amide bonds. The van der Waals surface area contributed by atoms with E-state index in [-0.39, 0.29) is 11.8 Å². The van der Waals surface area contributed by atoms with Crippen LogP contribution in [0.4, 0.5) is 11.4 Å². The minimum Gasteiger partial charge on any atom is -0.479 e. The van der Waals surface area contributed by atoms with Crippen LogP contribution < -0.4 is 15.4 Å². The Kier molecular flexibility index (Phi) is 3.19. The minimum absolute atomic E-state index is 0.212. The summed E-state index contributed by atoms with van der Waals surface area (Å²) in [6.45, 7) is 1.68. The number of hydrogen-bond donors (Lipinski definition) is 3. The molecule has 0 bridgehead atoms. The fraction of sp³-hybridized carbons (Fsp3) is 0.118. The molecule has 7 heteroatoms. The van der Waals surface area contributed by atoms with Crippen molar-refractivity contribution in [3.63, 3.8) is 0 Å². The van der Waals surface area contributed by atoms with E-state index in [0.717, 1.165) is 11.0 Å². The molecule has 3 aromatic rings. The van der Waals surface area contributed by atoms with Gasteiger partial charge < -0.3 is 20.4 Å². The van der Waals surface area contributed by atoms with Crippen LogP contribution in [0.2, 0.25) is 0 Å². The molecule has 2 aromatic carbocycles. The van der Waals surface area contributed by atoms with Gasteiger partial charge in [-0.3, -0.25) is 9.59 Å². The number of carbonyl (C=O) groups is 2. The molecule has 0 saturated heterocycles. The lowest BCUT2D eigenvalue weighted by Crippen LogP contribution is -2.34. The molecule has 120 valence electrons. The molecule has 0 spiro atoms. The third kappa shape index (κ3) is 2.45. The molecule has 1 aliphatic heterocycles. The third-order valence-electron chi connectivity index (χ3n) is 3.85. The number of hydrogen-bond acceptors (Lipinski definition) is 4. The summed E-state index contributed by atoms with van der Waals surface area (Å²) in [6, 6.07) is 10.4. The molecule has 0 fully saturated rings. The average molecular weight is 322 g/mol. The van der Waals surface area contributed by atoms with E-state index in [1.165, 1.54) is 0 Å². The number of H-pyrrole nitrogens is 1. The van der Waals surface area contributed by atoms with Gasteiger partial charge in [0.15, 0.2) is 6.10 Å². The van der Waals surface area contributed by atoms with E-state index in [1.54, 1.807) is 49.6 Å². The highest BCUT2D eigenvalue weighted by molar-refractivity contribution is 6.06. The lowest BCUT2D eigenvalue weighted by atomic mass is 10.1. The van der Waals surface area contributed by atoms with Crippen LogP contribution in [-0.4, -0.2) is 27.9 Å². The van der Waals surface area contributed by atoms with Crippen molar-refractivity contribution in [3.05, 3.63) is 48.3 Å². The molecule has 1 aliphatic rings. The van der Waals surface area contributed by atoms with Crippen LogP contribution in [0.25, 0.3) is 11.0 Å². The van der Waals surface area contributed by atoms with Crippen molar-refractivity contribution in [1.29, 1.82) is 0 Å². The van der Waals surface area contributed by atoms with Gasteiger partial charge in [-0.2, -0.15) is 0 Å². The Hall–Kier alpha value is -3.35. The standard InChI is InChI=1S/C17H14N4O3/c1-9-16(22)21-14-7-11(3-5-15(14)24-9)20-17(23)10-2-4-12-13(6-10)19-8-18-12/h2-9H,1H3,(H,18,19)(H,20,23)(H,21,22)/t9-/m1/s1. The van der Waals surface area contributed by atoms with Crippen molar-refractivity contribution in [1.82, 2.24) is 9.97 Å². The molecular formula is C17H14N4O3. The number of imidazole rings is 1. The number of rotatable bonds is 2. The smallest absolute Gasteiger partial charge is 0.265 e. The monoisotopic (exact) mass is 322 g/mol. The van der Waals surface area contributed by atoms with Gasteiger partial charge >= 0.3 is 0 Å². The first kappa shape index (κ1) is 14.3.